The van der Waals surface area contributed by atoms with E-state index in [1.54, 1.807) is 6.92 Å². The van der Waals surface area contributed by atoms with Gasteiger partial charge < -0.3 is 9.63 Å². The second kappa shape index (κ2) is 3.08. The maximum Gasteiger partial charge on any atom is 0.244 e. The second-order valence-electron chi connectivity index (χ2n) is 3.52. The van der Waals surface area contributed by atoms with Crippen molar-refractivity contribution in [1.82, 2.24) is 15.0 Å². The van der Waals surface area contributed by atoms with Gasteiger partial charge in [-0.2, -0.15) is 4.98 Å². The Kier molecular flexibility index (Phi) is 2.05. The highest BCUT2D eigenvalue weighted by Gasteiger charge is 2.32. The lowest BCUT2D eigenvalue weighted by molar-refractivity contribution is 0.182. The molecule has 0 unspecified atom stereocenters. The zero-order valence-electron chi connectivity index (χ0n) is 7.77. The Morgan fingerprint density at radius 2 is 2.38 bits per heavy atom. The lowest BCUT2D eigenvalue weighted by Gasteiger charge is -2.13. The van der Waals surface area contributed by atoms with Crippen molar-refractivity contribution in [3.63, 3.8) is 0 Å². The summed E-state index contributed by atoms with van der Waals surface area (Å²) in [4.78, 5) is 6.17. The largest absolute Gasteiger partial charge is 0.392 e. The minimum atomic E-state index is -0.276. The summed E-state index contributed by atoms with van der Waals surface area (Å²) in [7, 11) is 1.94. The first-order valence-corrected chi connectivity index (χ1v) is 4.35. The molecule has 1 aromatic heterocycles. The molecule has 1 fully saturated rings. The molecule has 5 heteroatoms. The fourth-order valence-corrected chi connectivity index (χ4v) is 1.71. The molecule has 2 heterocycles. The van der Waals surface area contributed by atoms with Crippen LogP contribution in [0.2, 0.25) is 0 Å². The molecule has 1 saturated heterocycles. The van der Waals surface area contributed by atoms with Gasteiger partial charge in [0, 0.05) is 6.54 Å². The Hall–Kier alpha value is -0.940. The molecular weight excluding hydrogens is 170 g/mol. The fraction of sp³-hybridized carbons (Fsp3) is 0.750. The van der Waals surface area contributed by atoms with Crippen LogP contribution in [0.5, 0.6) is 0 Å². The van der Waals surface area contributed by atoms with E-state index in [9.17, 15) is 5.11 Å². The Morgan fingerprint density at radius 1 is 1.62 bits per heavy atom. The molecule has 0 aliphatic carbocycles. The minimum absolute atomic E-state index is 0.0798. The second-order valence-corrected chi connectivity index (χ2v) is 3.52. The van der Waals surface area contributed by atoms with E-state index in [1.165, 1.54) is 0 Å². The molecular formula is C8H13N3O2. The number of nitrogens with zero attached hydrogens (tertiary/aromatic N) is 3. The van der Waals surface area contributed by atoms with Gasteiger partial charge in [0.1, 0.15) is 0 Å². The van der Waals surface area contributed by atoms with E-state index in [0.717, 1.165) is 0 Å². The van der Waals surface area contributed by atoms with Gasteiger partial charge in [-0.25, -0.2) is 0 Å². The van der Waals surface area contributed by atoms with Crippen LogP contribution in [-0.4, -0.2) is 39.8 Å². The van der Waals surface area contributed by atoms with Gasteiger partial charge >= 0.3 is 0 Å². The van der Waals surface area contributed by atoms with E-state index in [-0.39, 0.29) is 12.1 Å². The van der Waals surface area contributed by atoms with Crippen molar-refractivity contribution in [2.24, 2.45) is 0 Å². The number of aliphatic hydroxyl groups is 1. The number of aliphatic hydroxyl groups excluding tert-OH is 1. The molecule has 0 saturated carbocycles. The first-order chi connectivity index (χ1) is 6.16. The highest BCUT2D eigenvalue weighted by molar-refractivity contribution is 4.97. The summed E-state index contributed by atoms with van der Waals surface area (Å²) in [6, 6.07) is 0.0798. The van der Waals surface area contributed by atoms with Crippen LogP contribution in [0.3, 0.4) is 0 Å². The van der Waals surface area contributed by atoms with Gasteiger partial charge in [-0.15, -0.1) is 0 Å². The van der Waals surface area contributed by atoms with E-state index < -0.39 is 0 Å². The van der Waals surface area contributed by atoms with Crippen LogP contribution in [0.4, 0.5) is 0 Å². The first-order valence-electron chi connectivity index (χ1n) is 4.35. The smallest absolute Gasteiger partial charge is 0.244 e. The first kappa shape index (κ1) is 8.65. The third-order valence-corrected chi connectivity index (χ3v) is 2.35. The van der Waals surface area contributed by atoms with E-state index in [4.69, 9.17) is 4.52 Å². The third-order valence-electron chi connectivity index (χ3n) is 2.35. The molecule has 0 aromatic carbocycles. The average Bonchev–Trinajstić information content (AvgIpc) is 2.58. The summed E-state index contributed by atoms with van der Waals surface area (Å²) in [5.74, 6) is 1.25. The van der Waals surface area contributed by atoms with Gasteiger partial charge in [-0.3, -0.25) is 4.90 Å². The predicted molar refractivity (Wildman–Crippen MR) is 45.0 cm³/mol. The van der Waals surface area contributed by atoms with Crippen molar-refractivity contribution in [2.45, 2.75) is 25.5 Å². The molecule has 1 N–H and O–H groups in total. The standard InChI is InChI=1S/C8H13N3O2/c1-5-9-8(13-10-5)7-3-6(12)4-11(7)2/h6-7,12H,3-4H2,1-2H3/t6-,7+/m0/s1. The van der Waals surface area contributed by atoms with Gasteiger partial charge in [0.15, 0.2) is 5.82 Å². The van der Waals surface area contributed by atoms with E-state index >= 15 is 0 Å². The normalized spacial score (nSPS) is 29.8. The van der Waals surface area contributed by atoms with Gasteiger partial charge in [0.05, 0.1) is 12.1 Å². The molecule has 13 heavy (non-hydrogen) atoms. The Morgan fingerprint density at radius 3 is 2.85 bits per heavy atom. The monoisotopic (exact) mass is 183 g/mol. The summed E-state index contributed by atoms with van der Waals surface area (Å²) in [6.45, 7) is 2.46. The molecule has 0 bridgehead atoms. The van der Waals surface area contributed by atoms with Crippen molar-refractivity contribution in [2.75, 3.05) is 13.6 Å². The molecule has 1 aliphatic rings. The van der Waals surface area contributed by atoms with Crippen LogP contribution in [-0.2, 0) is 0 Å². The van der Waals surface area contributed by atoms with Crippen molar-refractivity contribution in [3.8, 4) is 0 Å². The van der Waals surface area contributed by atoms with Gasteiger partial charge in [-0.05, 0) is 20.4 Å². The molecule has 0 radical (unpaired) electrons. The summed E-state index contributed by atoms with van der Waals surface area (Å²) < 4.78 is 5.05. The van der Waals surface area contributed by atoms with Crippen molar-refractivity contribution < 1.29 is 9.63 Å². The van der Waals surface area contributed by atoms with Gasteiger partial charge in [-0.1, -0.05) is 5.16 Å². The van der Waals surface area contributed by atoms with Crippen LogP contribution in [0.1, 0.15) is 24.2 Å². The fourth-order valence-electron chi connectivity index (χ4n) is 1.71. The lowest BCUT2D eigenvalue weighted by atomic mass is 10.2. The number of hydrogen-bond acceptors (Lipinski definition) is 5. The van der Waals surface area contributed by atoms with Crippen molar-refractivity contribution in [1.29, 1.82) is 0 Å². The minimum Gasteiger partial charge on any atom is -0.392 e. The number of likely N-dealkylation sites (N-methyl/N-ethyl adjacent to an activating group) is 1. The van der Waals surface area contributed by atoms with Gasteiger partial charge in [0.2, 0.25) is 5.89 Å². The van der Waals surface area contributed by atoms with Crippen LogP contribution >= 0.6 is 0 Å². The highest BCUT2D eigenvalue weighted by atomic mass is 16.5. The highest BCUT2D eigenvalue weighted by Crippen LogP contribution is 2.29. The van der Waals surface area contributed by atoms with Crippen LogP contribution in [0.15, 0.2) is 4.52 Å². The number of aryl methyl sites for hydroxylation is 1. The molecule has 2 atom stereocenters. The quantitative estimate of drug-likeness (QED) is 0.669. The number of β-amino-alcohol motifs (C(OH)–C–C–N with tert-alkyl or cyclic N) is 1. The Bertz CT molecular complexity index is 299. The zero-order valence-corrected chi connectivity index (χ0v) is 7.77. The van der Waals surface area contributed by atoms with Crippen LogP contribution < -0.4 is 0 Å². The maximum absolute atomic E-state index is 9.41. The third kappa shape index (κ3) is 1.57. The van der Waals surface area contributed by atoms with E-state index in [2.05, 4.69) is 10.1 Å². The molecule has 2 rings (SSSR count). The number of aromatic nitrogens is 2. The number of hydrogen-bond donors (Lipinski definition) is 1. The summed E-state index contributed by atoms with van der Waals surface area (Å²) in [6.07, 6.45) is 0.403. The topological polar surface area (TPSA) is 62.4 Å². The molecule has 1 aromatic rings. The molecule has 0 spiro atoms. The van der Waals surface area contributed by atoms with Crippen molar-refractivity contribution >= 4 is 0 Å². The lowest BCUT2D eigenvalue weighted by Crippen LogP contribution is -2.19. The molecule has 5 nitrogen and oxygen atoms in total. The van der Waals surface area contributed by atoms with Gasteiger partial charge in [0.25, 0.3) is 0 Å². The average molecular weight is 183 g/mol. The predicted octanol–water partition coefficient (Wildman–Crippen LogP) is 0.116. The molecule has 0 amide bonds. The number of likely N-dealkylation sites (tertiary alicyclic amines) is 1. The summed E-state index contributed by atoms with van der Waals surface area (Å²) >= 11 is 0. The molecule has 72 valence electrons. The SMILES string of the molecule is Cc1noc([C@H]2C[C@H](O)CN2C)n1. The molecule has 1 aliphatic heterocycles. The zero-order chi connectivity index (χ0) is 9.42. The van der Waals surface area contributed by atoms with E-state index in [0.29, 0.717) is 24.7 Å². The Balaban J connectivity index is 2.17. The summed E-state index contributed by atoms with van der Waals surface area (Å²) in [5, 5.41) is 13.1. The van der Waals surface area contributed by atoms with E-state index in [1.807, 2.05) is 11.9 Å². The number of rotatable bonds is 1. The Labute approximate surface area is 76.4 Å². The van der Waals surface area contributed by atoms with Crippen molar-refractivity contribution in [3.05, 3.63) is 11.7 Å². The summed E-state index contributed by atoms with van der Waals surface area (Å²) in [5.41, 5.74) is 0. The van der Waals surface area contributed by atoms with Crippen LogP contribution in [0, 0.1) is 6.92 Å². The van der Waals surface area contributed by atoms with Crippen LogP contribution in [0.25, 0.3) is 0 Å². The maximum atomic E-state index is 9.41.